The molecule has 4 heteroatoms. The molecule has 0 aliphatic carbocycles. The van der Waals surface area contributed by atoms with Crippen molar-refractivity contribution >= 4 is 11.5 Å². The molecule has 0 amide bonds. The Balaban J connectivity index is 2.25. The minimum Gasteiger partial charge on any atom is -0.360 e. The van der Waals surface area contributed by atoms with Crippen molar-refractivity contribution in [2.45, 2.75) is 0 Å². The van der Waals surface area contributed by atoms with Crippen molar-refractivity contribution in [1.82, 2.24) is 14.4 Å². The first-order valence-electron chi connectivity index (χ1n) is 5.82. The summed E-state index contributed by atoms with van der Waals surface area (Å²) in [6.07, 6.45) is 5.63. The largest absolute Gasteiger partial charge is 0.360 e. The molecular weight excluding hydrogens is 224 g/mol. The Morgan fingerprint density at radius 1 is 1.06 bits per heavy atom. The second-order valence-corrected chi connectivity index (χ2v) is 4.35. The molecule has 0 saturated carbocycles. The van der Waals surface area contributed by atoms with E-state index in [2.05, 4.69) is 26.5 Å². The molecule has 0 radical (unpaired) electrons. The van der Waals surface area contributed by atoms with E-state index in [9.17, 15) is 0 Å². The molecule has 0 bridgehead atoms. The van der Waals surface area contributed by atoms with E-state index in [4.69, 9.17) is 0 Å². The maximum absolute atomic E-state index is 4.48. The Kier molecular flexibility index (Phi) is 2.48. The Morgan fingerprint density at radius 2 is 1.83 bits per heavy atom. The average Bonchev–Trinajstić information content (AvgIpc) is 2.83. The third-order valence-corrected chi connectivity index (χ3v) is 2.90. The van der Waals surface area contributed by atoms with Crippen LogP contribution in [0.25, 0.3) is 16.9 Å². The molecule has 2 aromatic heterocycles. The number of nitrogens with zero attached hydrogens (tertiary/aromatic N) is 4. The van der Waals surface area contributed by atoms with Crippen LogP contribution < -0.4 is 4.90 Å². The zero-order chi connectivity index (χ0) is 12.5. The molecule has 3 rings (SSSR count). The molecule has 0 fully saturated rings. The first kappa shape index (κ1) is 10.8. The number of aromatic nitrogens is 3. The van der Waals surface area contributed by atoms with Gasteiger partial charge in [-0.25, -0.2) is 9.97 Å². The Bertz CT molecular complexity index is 671. The number of imidazole rings is 1. The molecule has 18 heavy (non-hydrogen) atoms. The minimum absolute atomic E-state index is 0.875. The summed E-state index contributed by atoms with van der Waals surface area (Å²) < 4.78 is 2.07. The zero-order valence-electron chi connectivity index (χ0n) is 10.4. The SMILES string of the molecule is CN(C)c1nccn2c(-c3ccccc3)cnc12. The molecule has 0 aliphatic heterocycles. The van der Waals surface area contributed by atoms with Crippen molar-refractivity contribution in [2.75, 3.05) is 19.0 Å². The molecule has 0 unspecified atom stereocenters. The number of anilines is 1. The van der Waals surface area contributed by atoms with E-state index in [-0.39, 0.29) is 0 Å². The smallest absolute Gasteiger partial charge is 0.180 e. The van der Waals surface area contributed by atoms with Gasteiger partial charge in [-0.05, 0) is 0 Å². The van der Waals surface area contributed by atoms with E-state index in [1.165, 1.54) is 0 Å². The van der Waals surface area contributed by atoms with Crippen molar-refractivity contribution in [3.8, 4) is 11.3 Å². The monoisotopic (exact) mass is 238 g/mol. The molecule has 1 aromatic carbocycles. The molecule has 0 aliphatic rings. The highest BCUT2D eigenvalue weighted by Crippen LogP contribution is 2.23. The Hall–Kier alpha value is -2.36. The molecule has 0 N–H and O–H groups in total. The van der Waals surface area contributed by atoms with Gasteiger partial charge in [0.25, 0.3) is 0 Å². The fourth-order valence-electron chi connectivity index (χ4n) is 2.04. The normalized spacial score (nSPS) is 10.8. The maximum atomic E-state index is 4.48. The van der Waals surface area contributed by atoms with E-state index in [0.29, 0.717) is 0 Å². The number of benzene rings is 1. The van der Waals surface area contributed by atoms with Crippen LogP contribution in [0.2, 0.25) is 0 Å². The summed E-state index contributed by atoms with van der Waals surface area (Å²) in [7, 11) is 3.94. The summed E-state index contributed by atoms with van der Waals surface area (Å²) in [6.45, 7) is 0. The van der Waals surface area contributed by atoms with Crippen LogP contribution in [0, 0.1) is 0 Å². The molecular formula is C14H14N4. The lowest BCUT2D eigenvalue weighted by Crippen LogP contribution is -2.12. The fraction of sp³-hybridized carbons (Fsp3) is 0.143. The lowest BCUT2D eigenvalue weighted by Gasteiger charge is -2.12. The van der Waals surface area contributed by atoms with Crippen LogP contribution >= 0.6 is 0 Å². The summed E-state index contributed by atoms with van der Waals surface area (Å²) in [4.78, 5) is 10.8. The molecule has 4 nitrogen and oxygen atoms in total. The lowest BCUT2D eigenvalue weighted by atomic mass is 10.2. The third kappa shape index (κ3) is 1.62. The van der Waals surface area contributed by atoms with Crippen LogP contribution in [0.4, 0.5) is 5.82 Å². The van der Waals surface area contributed by atoms with Crippen LogP contribution in [0.3, 0.4) is 0 Å². The van der Waals surface area contributed by atoms with Crippen molar-refractivity contribution in [3.05, 3.63) is 48.9 Å². The van der Waals surface area contributed by atoms with E-state index >= 15 is 0 Å². The first-order chi connectivity index (χ1) is 8.77. The van der Waals surface area contributed by atoms with Crippen molar-refractivity contribution < 1.29 is 0 Å². The van der Waals surface area contributed by atoms with Gasteiger partial charge in [0.2, 0.25) is 0 Å². The van der Waals surface area contributed by atoms with Gasteiger partial charge in [-0.2, -0.15) is 0 Å². The quantitative estimate of drug-likeness (QED) is 0.687. The number of rotatable bonds is 2. The fourth-order valence-corrected chi connectivity index (χ4v) is 2.04. The van der Waals surface area contributed by atoms with Crippen LogP contribution in [-0.2, 0) is 0 Å². The van der Waals surface area contributed by atoms with Crippen LogP contribution in [0.5, 0.6) is 0 Å². The van der Waals surface area contributed by atoms with Crippen LogP contribution in [0.1, 0.15) is 0 Å². The Labute approximate surface area is 106 Å². The van der Waals surface area contributed by atoms with Gasteiger partial charge in [0.05, 0.1) is 11.9 Å². The van der Waals surface area contributed by atoms with Gasteiger partial charge in [0, 0.05) is 32.1 Å². The van der Waals surface area contributed by atoms with Crippen molar-refractivity contribution in [2.24, 2.45) is 0 Å². The van der Waals surface area contributed by atoms with Gasteiger partial charge < -0.3 is 4.90 Å². The standard InChI is InChI=1S/C14H14N4/c1-17(2)13-14-16-10-12(18(14)9-8-15-13)11-6-4-3-5-7-11/h3-10H,1-2H3. The number of hydrogen-bond donors (Lipinski definition) is 0. The van der Waals surface area contributed by atoms with Gasteiger partial charge in [0.1, 0.15) is 0 Å². The highest BCUT2D eigenvalue weighted by atomic mass is 15.2. The van der Waals surface area contributed by atoms with Gasteiger partial charge >= 0.3 is 0 Å². The summed E-state index contributed by atoms with van der Waals surface area (Å²) in [5, 5.41) is 0. The average molecular weight is 238 g/mol. The van der Waals surface area contributed by atoms with Crippen LogP contribution in [0.15, 0.2) is 48.9 Å². The van der Waals surface area contributed by atoms with E-state index in [1.807, 2.05) is 49.6 Å². The molecule has 0 saturated heterocycles. The zero-order valence-corrected chi connectivity index (χ0v) is 10.4. The minimum atomic E-state index is 0.875. The van der Waals surface area contributed by atoms with E-state index in [0.717, 1.165) is 22.7 Å². The maximum Gasteiger partial charge on any atom is 0.180 e. The Morgan fingerprint density at radius 3 is 2.56 bits per heavy atom. The summed E-state index contributed by atoms with van der Waals surface area (Å²) in [5.41, 5.74) is 3.11. The van der Waals surface area contributed by atoms with E-state index in [1.54, 1.807) is 6.20 Å². The van der Waals surface area contributed by atoms with E-state index < -0.39 is 0 Å². The summed E-state index contributed by atoms with van der Waals surface area (Å²) in [6, 6.07) is 10.2. The highest BCUT2D eigenvalue weighted by molar-refractivity contribution is 5.70. The van der Waals surface area contributed by atoms with Gasteiger partial charge in [-0.15, -0.1) is 0 Å². The second-order valence-electron chi connectivity index (χ2n) is 4.35. The topological polar surface area (TPSA) is 33.4 Å². The number of fused-ring (bicyclic) bond motifs is 1. The summed E-state index contributed by atoms with van der Waals surface area (Å²) in [5.74, 6) is 0.875. The molecule has 2 heterocycles. The first-order valence-corrected chi connectivity index (χ1v) is 5.82. The van der Waals surface area contributed by atoms with Gasteiger partial charge in [-0.1, -0.05) is 30.3 Å². The lowest BCUT2D eigenvalue weighted by molar-refractivity contribution is 1.03. The van der Waals surface area contributed by atoms with Crippen molar-refractivity contribution in [1.29, 1.82) is 0 Å². The number of hydrogen-bond acceptors (Lipinski definition) is 3. The highest BCUT2D eigenvalue weighted by Gasteiger charge is 2.10. The predicted molar refractivity (Wildman–Crippen MR) is 72.8 cm³/mol. The third-order valence-electron chi connectivity index (χ3n) is 2.90. The predicted octanol–water partition coefficient (Wildman–Crippen LogP) is 2.46. The molecule has 3 aromatic rings. The molecule has 0 spiro atoms. The van der Waals surface area contributed by atoms with Crippen LogP contribution in [-0.4, -0.2) is 28.5 Å². The summed E-state index contributed by atoms with van der Waals surface area (Å²) >= 11 is 0. The molecule has 90 valence electrons. The second kappa shape index (κ2) is 4.14. The van der Waals surface area contributed by atoms with Gasteiger partial charge in [-0.3, -0.25) is 4.40 Å². The molecule has 0 atom stereocenters. The van der Waals surface area contributed by atoms with Gasteiger partial charge in [0.15, 0.2) is 11.5 Å². The van der Waals surface area contributed by atoms with Crippen molar-refractivity contribution in [3.63, 3.8) is 0 Å².